The van der Waals surface area contributed by atoms with Crippen LogP contribution >= 0.6 is 11.6 Å². The number of nitrogens with one attached hydrogen (secondary N) is 1. The van der Waals surface area contributed by atoms with Gasteiger partial charge in [-0.15, -0.1) is 0 Å². The lowest BCUT2D eigenvalue weighted by molar-refractivity contribution is 0.102. The fourth-order valence-corrected chi connectivity index (χ4v) is 5.89. The van der Waals surface area contributed by atoms with Crippen LogP contribution in [-0.4, -0.2) is 41.5 Å². The van der Waals surface area contributed by atoms with Crippen LogP contribution in [0.5, 0.6) is 0 Å². The molecule has 1 N–H and O–H groups in total. The van der Waals surface area contributed by atoms with Gasteiger partial charge in [0.1, 0.15) is 15.9 Å². The molecular formula is C23H24ClFN4O3S. The molecule has 1 amide bonds. The maximum absolute atomic E-state index is 13.2. The third kappa shape index (κ3) is 4.95. The van der Waals surface area contributed by atoms with Crippen LogP contribution in [0.4, 0.5) is 10.1 Å². The number of amides is 1. The molecule has 4 rings (SSSR count). The first-order valence-electron chi connectivity index (χ1n) is 10.7. The molecule has 0 unspecified atom stereocenters. The zero-order valence-electron chi connectivity index (χ0n) is 18.1. The second kappa shape index (κ2) is 9.62. The highest BCUT2D eigenvalue weighted by Crippen LogP contribution is 2.28. The maximum atomic E-state index is 13.2. The van der Waals surface area contributed by atoms with Crippen molar-refractivity contribution in [3.8, 4) is 0 Å². The minimum Gasteiger partial charge on any atom is -0.321 e. The Morgan fingerprint density at radius 3 is 2.45 bits per heavy atom. The number of sulfonamides is 1. The molecule has 7 nitrogen and oxygen atoms in total. The molecule has 33 heavy (non-hydrogen) atoms. The number of aryl methyl sites for hydroxylation is 1. The van der Waals surface area contributed by atoms with Crippen LogP contribution in [0.3, 0.4) is 0 Å². The molecule has 174 valence electrons. The van der Waals surface area contributed by atoms with Crippen molar-refractivity contribution >= 4 is 33.2 Å². The maximum Gasteiger partial charge on any atom is 0.260 e. The number of halogens is 2. The monoisotopic (exact) mass is 490 g/mol. The second-order valence-electron chi connectivity index (χ2n) is 7.95. The minimum absolute atomic E-state index is 0.0488. The summed E-state index contributed by atoms with van der Waals surface area (Å²) in [6, 6.07) is 12.3. The zero-order valence-corrected chi connectivity index (χ0v) is 19.7. The van der Waals surface area contributed by atoms with Crippen molar-refractivity contribution in [3.05, 3.63) is 76.3 Å². The predicted molar refractivity (Wildman–Crippen MR) is 124 cm³/mol. The Kier molecular flexibility index (Phi) is 6.83. The molecule has 1 fully saturated rings. The molecule has 0 spiro atoms. The number of hydrogen-bond donors (Lipinski definition) is 1. The predicted octanol–water partition coefficient (Wildman–Crippen LogP) is 4.46. The summed E-state index contributed by atoms with van der Waals surface area (Å²) in [4.78, 5) is 13.2. The van der Waals surface area contributed by atoms with Crippen LogP contribution in [0.1, 0.15) is 40.9 Å². The molecule has 1 aliphatic rings. The Balaban J connectivity index is 1.59. The Morgan fingerprint density at radius 1 is 1.09 bits per heavy atom. The highest BCUT2D eigenvalue weighted by Gasteiger charge is 2.29. The second-order valence-corrected chi connectivity index (χ2v) is 10.2. The van der Waals surface area contributed by atoms with Gasteiger partial charge in [0, 0.05) is 13.1 Å². The van der Waals surface area contributed by atoms with Gasteiger partial charge in [-0.1, -0.05) is 42.3 Å². The minimum atomic E-state index is -3.75. The highest BCUT2D eigenvalue weighted by atomic mass is 35.5. The van der Waals surface area contributed by atoms with Gasteiger partial charge in [0.25, 0.3) is 5.91 Å². The van der Waals surface area contributed by atoms with E-state index in [2.05, 4.69) is 10.4 Å². The number of rotatable bonds is 6. The molecule has 0 bridgehead atoms. The van der Waals surface area contributed by atoms with Crippen LogP contribution in [-0.2, 0) is 16.6 Å². The van der Waals surface area contributed by atoms with E-state index in [0.717, 1.165) is 24.8 Å². The smallest absolute Gasteiger partial charge is 0.260 e. The van der Waals surface area contributed by atoms with E-state index < -0.39 is 15.9 Å². The van der Waals surface area contributed by atoms with Gasteiger partial charge in [0.15, 0.2) is 0 Å². The van der Waals surface area contributed by atoms with Crippen molar-refractivity contribution in [2.24, 2.45) is 0 Å². The van der Waals surface area contributed by atoms with Crippen molar-refractivity contribution in [1.82, 2.24) is 14.1 Å². The van der Waals surface area contributed by atoms with Crippen LogP contribution in [0.25, 0.3) is 0 Å². The number of aromatic nitrogens is 2. The lowest BCUT2D eigenvalue weighted by Crippen LogP contribution is -2.36. The summed E-state index contributed by atoms with van der Waals surface area (Å²) < 4.78 is 42.5. The summed E-state index contributed by atoms with van der Waals surface area (Å²) in [6.45, 7) is 2.84. The number of piperidine rings is 1. The standard InChI is InChI=1S/C23H24ClFN4O3S/c1-16-21(22(24)29(27-16)15-17-9-11-18(25)12-10-17)23(30)26-19-7-3-4-8-20(19)33(31,32)28-13-5-2-6-14-28/h3-4,7-12H,2,5-6,13-15H2,1H3,(H,26,30). The van der Waals surface area contributed by atoms with Gasteiger partial charge < -0.3 is 5.32 Å². The fourth-order valence-electron chi connectivity index (χ4n) is 3.90. The van der Waals surface area contributed by atoms with Crippen molar-refractivity contribution in [2.45, 2.75) is 37.6 Å². The van der Waals surface area contributed by atoms with Gasteiger partial charge in [-0.05, 0) is 49.6 Å². The van der Waals surface area contributed by atoms with E-state index in [-0.39, 0.29) is 33.7 Å². The average molecular weight is 491 g/mol. The third-order valence-electron chi connectivity index (χ3n) is 5.61. The highest BCUT2D eigenvalue weighted by molar-refractivity contribution is 7.89. The van der Waals surface area contributed by atoms with Crippen molar-refractivity contribution < 1.29 is 17.6 Å². The van der Waals surface area contributed by atoms with Gasteiger partial charge in [-0.3, -0.25) is 4.79 Å². The lowest BCUT2D eigenvalue weighted by Gasteiger charge is -2.26. The first-order valence-corrected chi connectivity index (χ1v) is 12.5. The van der Waals surface area contributed by atoms with E-state index in [9.17, 15) is 17.6 Å². The number of para-hydroxylation sites is 1. The topological polar surface area (TPSA) is 84.3 Å². The van der Waals surface area contributed by atoms with Crippen LogP contribution < -0.4 is 5.32 Å². The Morgan fingerprint density at radius 2 is 1.76 bits per heavy atom. The number of hydrogen-bond acceptors (Lipinski definition) is 4. The molecule has 2 aromatic carbocycles. The first-order chi connectivity index (χ1) is 15.8. The summed E-state index contributed by atoms with van der Waals surface area (Å²) in [7, 11) is -3.75. The molecule has 0 saturated carbocycles. The van der Waals surface area contributed by atoms with E-state index in [4.69, 9.17) is 11.6 Å². The van der Waals surface area contributed by atoms with Gasteiger partial charge in [0.05, 0.1) is 23.5 Å². The third-order valence-corrected chi connectivity index (χ3v) is 7.95. The molecule has 3 aromatic rings. The summed E-state index contributed by atoms with van der Waals surface area (Å²) >= 11 is 6.46. The number of carbonyl (C=O) groups is 1. The SMILES string of the molecule is Cc1nn(Cc2ccc(F)cc2)c(Cl)c1C(=O)Nc1ccccc1S(=O)(=O)N1CCCCC1. The Labute approximate surface area is 197 Å². The molecular weight excluding hydrogens is 467 g/mol. The molecule has 2 heterocycles. The molecule has 10 heteroatoms. The van der Waals surface area contributed by atoms with Gasteiger partial charge in [-0.2, -0.15) is 9.40 Å². The van der Waals surface area contributed by atoms with Crippen LogP contribution in [0, 0.1) is 12.7 Å². The van der Waals surface area contributed by atoms with Crippen LogP contribution in [0.2, 0.25) is 5.15 Å². The molecule has 1 aliphatic heterocycles. The van der Waals surface area contributed by atoms with Crippen molar-refractivity contribution in [1.29, 1.82) is 0 Å². The molecule has 1 aromatic heterocycles. The molecule has 1 saturated heterocycles. The average Bonchev–Trinajstić information content (AvgIpc) is 3.09. The fraction of sp³-hybridized carbons (Fsp3) is 0.304. The van der Waals surface area contributed by atoms with E-state index in [0.29, 0.717) is 18.8 Å². The number of benzene rings is 2. The van der Waals surface area contributed by atoms with E-state index in [1.54, 1.807) is 37.3 Å². The number of anilines is 1. The normalized spacial score (nSPS) is 14.9. The summed E-state index contributed by atoms with van der Waals surface area (Å²) in [5.74, 6) is -0.899. The first kappa shape index (κ1) is 23.4. The number of carbonyl (C=O) groups excluding carboxylic acids is 1. The molecule has 0 radical (unpaired) electrons. The molecule has 0 aliphatic carbocycles. The van der Waals surface area contributed by atoms with E-state index in [1.165, 1.54) is 27.2 Å². The zero-order chi connectivity index (χ0) is 23.6. The largest absolute Gasteiger partial charge is 0.321 e. The number of nitrogens with zero attached hydrogens (tertiary/aromatic N) is 3. The van der Waals surface area contributed by atoms with Crippen LogP contribution in [0.15, 0.2) is 53.4 Å². The van der Waals surface area contributed by atoms with E-state index >= 15 is 0 Å². The quantitative estimate of drug-likeness (QED) is 0.553. The van der Waals surface area contributed by atoms with Gasteiger partial charge in [-0.25, -0.2) is 17.5 Å². The Bertz CT molecular complexity index is 1270. The Hall–Kier alpha value is -2.75. The summed E-state index contributed by atoms with van der Waals surface area (Å²) in [5.41, 5.74) is 1.51. The van der Waals surface area contributed by atoms with Crippen molar-refractivity contribution in [3.63, 3.8) is 0 Å². The summed E-state index contributed by atoms with van der Waals surface area (Å²) in [6.07, 6.45) is 2.63. The van der Waals surface area contributed by atoms with Crippen molar-refractivity contribution in [2.75, 3.05) is 18.4 Å². The molecule has 0 atom stereocenters. The van der Waals surface area contributed by atoms with E-state index in [1.807, 2.05) is 0 Å². The van der Waals surface area contributed by atoms with Gasteiger partial charge in [0.2, 0.25) is 10.0 Å². The lowest BCUT2D eigenvalue weighted by atomic mass is 10.2. The summed E-state index contributed by atoms with van der Waals surface area (Å²) in [5, 5.41) is 7.16. The van der Waals surface area contributed by atoms with Gasteiger partial charge >= 0.3 is 0 Å².